The molecule has 1 saturated heterocycles. The molecule has 0 unspecified atom stereocenters. The standard InChI is InChI=1S/C19H23N5O/c1-23(2)18-7-11-21-19(22-18)24-12-8-14(9-13-24)25-17-5-3-4-16-15(17)6-10-20-16/h3-7,10-11,14,20H,8-9,12-13H2,1-2H3. The summed E-state index contributed by atoms with van der Waals surface area (Å²) >= 11 is 0. The first-order valence-electron chi connectivity index (χ1n) is 8.69. The molecule has 0 bridgehead atoms. The minimum Gasteiger partial charge on any atom is -0.490 e. The lowest BCUT2D eigenvalue weighted by Crippen LogP contribution is -2.39. The quantitative estimate of drug-likeness (QED) is 0.793. The van der Waals surface area contributed by atoms with Gasteiger partial charge >= 0.3 is 0 Å². The molecule has 6 heteroatoms. The summed E-state index contributed by atoms with van der Waals surface area (Å²) in [5.74, 6) is 2.70. The number of benzene rings is 1. The molecule has 4 rings (SSSR count). The van der Waals surface area contributed by atoms with Gasteiger partial charge in [0.1, 0.15) is 17.7 Å². The molecule has 0 amide bonds. The second-order valence-corrected chi connectivity index (χ2v) is 6.61. The monoisotopic (exact) mass is 337 g/mol. The average molecular weight is 337 g/mol. The molecular formula is C19H23N5O. The molecule has 130 valence electrons. The fourth-order valence-electron chi connectivity index (χ4n) is 3.25. The lowest BCUT2D eigenvalue weighted by Gasteiger charge is -2.32. The largest absolute Gasteiger partial charge is 0.490 e. The van der Waals surface area contributed by atoms with E-state index < -0.39 is 0 Å². The summed E-state index contributed by atoms with van der Waals surface area (Å²) in [6.45, 7) is 1.81. The van der Waals surface area contributed by atoms with E-state index in [-0.39, 0.29) is 6.10 Å². The topological polar surface area (TPSA) is 57.3 Å². The lowest BCUT2D eigenvalue weighted by atomic mass is 10.1. The van der Waals surface area contributed by atoms with E-state index in [0.717, 1.165) is 54.3 Å². The fourth-order valence-corrected chi connectivity index (χ4v) is 3.25. The van der Waals surface area contributed by atoms with Crippen LogP contribution in [0.4, 0.5) is 11.8 Å². The Balaban J connectivity index is 1.42. The predicted molar refractivity (Wildman–Crippen MR) is 101 cm³/mol. The normalized spacial score (nSPS) is 15.5. The lowest BCUT2D eigenvalue weighted by molar-refractivity contribution is 0.172. The van der Waals surface area contributed by atoms with Gasteiger partial charge in [-0.25, -0.2) is 4.98 Å². The minimum absolute atomic E-state index is 0.230. The number of ether oxygens (including phenoxy) is 1. The van der Waals surface area contributed by atoms with Gasteiger partial charge in [-0.05, 0) is 24.3 Å². The number of nitrogens with one attached hydrogen (secondary N) is 1. The first-order chi connectivity index (χ1) is 12.2. The van der Waals surface area contributed by atoms with E-state index in [1.165, 1.54) is 0 Å². The molecule has 0 atom stereocenters. The van der Waals surface area contributed by atoms with Crippen molar-refractivity contribution in [1.29, 1.82) is 0 Å². The smallest absolute Gasteiger partial charge is 0.227 e. The van der Waals surface area contributed by atoms with E-state index in [1.54, 1.807) is 0 Å². The molecule has 1 fully saturated rings. The summed E-state index contributed by atoms with van der Waals surface area (Å²) in [5, 5.41) is 1.15. The number of nitrogens with zero attached hydrogens (tertiary/aromatic N) is 4. The molecule has 1 aromatic carbocycles. The van der Waals surface area contributed by atoms with Crippen molar-refractivity contribution in [2.75, 3.05) is 37.0 Å². The van der Waals surface area contributed by atoms with Crippen molar-refractivity contribution in [2.24, 2.45) is 0 Å². The second-order valence-electron chi connectivity index (χ2n) is 6.61. The van der Waals surface area contributed by atoms with Crippen LogP contribution in [-0.2, 0) is 0 Å². The van der Waals surface area contributed by atoms with Gasteiger partial charge in [0.15, 0.2) is 0 Å². The molecule has 3 aromatic rings. The van der Waals surface area contributed by atoms with Crippen LogP contribution in [-0.4, -0.2) is 48.2 Å². The molecule has 0 saturated carbocycles. The second kappa shape index (κ2) is 6.63. The molecule has 1 N–H and O–H groups in total. The molecular weight excluding hydrogens is 314 g/mol. The molecule has 6 nitrogen and oxygen atoms in total. The number of aromatic amines is 1. The Morgan fingerprint density at radius 1 is 1.16 bits per heavy atom. The van der Waals surface area contributed by atoms with Gasteiger partial charge in [-0.1, -0.05) is 6.07 Å². The molecule has 2 aromatic heterocycles. The highest BCUT2D eigenvalue weighted by atomic mass is 16.5. The summed E-state index contributed by atoms with van der Waals surface area (Å²) in [6.07, 6.45) is 5.95. The third-order valence-electron chi connectivity index (χ3n) is 4.66. The van der Waals surface area contributed by atoms with E-state index in [1.807, 2.05) is 49.6 Å². The zero-order chi connectivity index (χ0) is 17.2. The van der Waals surface area contributed by atoms with Crippen LogP contribution in [0.1, 0.15) is 12.8 Å². The Morgan fingerprint density at radius 3 is 2.80 bits per heavy atom. The maximum absolute atomic E-state index is 6.28. The maximum Gasteiger partial charge on any atom is 0.227 e. The molecule has 0 aliphatic carbocycles. The van der Waals surface area contributed by atoms with E-state index in [0.29, 0.717) is 0 Å². The van der Waals surface area contributed by atoms with Crippen molar-refractivity contribution >= 4 is 22.7 Å². The van der Waals surface area contributed by atoms with Crippen LogP contribution in [0.25, 0.3) is 10.9 Å². The van der Waals surface area contributed by atoms with Crippen LogP contribution < -0.4 is 14.5 Å². The third-order valence-corrected chi connectivity index (χ3v) is 4.66. The van der Waals surface area contributed by atoms with Crippen molar-refractivity contribution in [3.63, 3.8) is 0 Å². The Morgan fingerprint density at radius 2 is 2.00 bits per heavy atom. The number of fused-ring (bicyclic) bond motifs is 1. The fraction of sp³-hybridized carbons (Fsp3) is 0.368. The van der Waals surface area contributed by atoms with Crippen molar-refractivity contribution in [3.05, 3.63) is 42.7 Å². The molecule has 3 heterocycles. The van der Waals surface area contributed by atoms with Crippen LogP contribution in [0.3, 0.4) is 0 Å². The summed E-state index contributed by atoms with van der Waals surface area (Å²) < 4.78 is 6.28. The number of aromatic nitrogens is 3. The number of hydrogen-bond acceptors (Lipinski definition) is 5. The Labute approximate surface area is 147 Å². The Hall–Kier alpha value is -2.76. The van der Waals surface area contributed by atoms with E-state index in [4.69, 9.17) is 4.74 Å². The van der Waals surface area contributed by atoms with E-state index >= 15 is 0 Å². The zero-order valence-electron chi connectivity index (χ0n) is 14.6. The number of H-pyrrole nitrogens is 1. The van der Waals surface area contributed by atoms with Crippen molar-refractivity contribution in [3.8, 4) is 5.75 Å². The average Bonchev–Trinajstić information content (AvgIpc) is 3.12. The van der Waals surface area contributed by atoms with Gasteiger partial charge in [-0.3, -0.25) is 0 Å². The highest BCUT2D eigenvalue weighted by Gasteiger charge is 2.23. The number of piperidine rings is 1. The first kappa shape index (κ1) is 15.7. The van der Waals surface area contributed by atoms with Crippen LogP contribution >= 0.6 is 0 Å². The Kier molecular flexibility index (Phi) is 4.17. The molecule has 1 aliphatic rings. The van der Waals surface area contributed by atoms with Crippen LogP contribution in [0, 0.1) is 0 Å². The summed E-state index contributed by atoms with van der Waals surface area (Å²) in [5.41, 5.74) is 1.11. The van der Waals surface area contributed by atoms with Gasteiger partial charge in [0.2, 0.25) is 5.95 Å². The predicted octanol–water partition coefficient (Wildman–Crippen LogP) is 3.07. The third kappa shape index (κ3) is 3.24. The molecule has 0 spiro atoms. The van der Waals surface area contributed by atoms with Crippen molar-refractivity contribution in [1.82, 2.24) is 15.0 Å². The molecule has 25 heavy (non-hydrogen) atoms. The summed E-state index contributed by atoms with van der Waals surface area (Å²) in [6, 6.07) is 10.1. The van der Waals surface area contributed by atoms with Crippen molar-refractivity contribution in [2.45, 2.75) is 18.9 Å². The maximum atomic E-state index is 6.28. The van der Waals surface area contributed by atoms with E-state index in [9.17, 15) is 0 Å². The van der Waals surface area contributed by atoms with Gasteiger partial charge in [0.05, 0.1) is 0 Å². The van der Waals surface area contributed by atoms with Gasteiger partial charge in [-0.2, -0.15) is 4.98 Å². The van der Waals surface area contributed by atoms with Gasteiger partial charge in [0, 0.05) is 63.3 Å². The molecule has 1 aliphatic heterocycles. The minimum atomic E-state index is 0.230. The van der Waals surface area contributed by atoms with Gasteiger partial charge in [0.25, 0.3) is 0 Å². The van der Waals surface area contributed by atoms with E-state index in [2.05, 4.69) is 32.0 Å². The molecule has 0 radical (unpaired) electrons. The van der Waals surface area contributed by atoms with Crippen LogP contribution in [0.15, 0.2) is 42.7 Å². The van der Waals surface area contributed by atoms with Crippen molar-refractivity contribution < 1.29 is 4.74 Å². The van der Waals surface area contributed by atoms with Crippen LogP contribution in [0.5, 0.6) is 5.75 Å². The summed E-state index contributed by atoms with van der Waals surface area (Å²) in [7, 11) is 3.99. The number of rotatable bonds is 4. The van der Waals surface area contributed by atoms with Gasteiger partial charge in [-0.15, -0.1) is 0 Å². The number of anilines is 2. The highest BCUT2D eigenvalue weighted by molar-refractivity contribution is 5.85. The first-order valence-corrected chi connectivity index (χ1v) is 8.69. The van der Waals surface area contributed by atoms with Crippen LogP contribution in [0.2, 0.25) is 0 Å². The van der Waals surface area contributed by atoms with Gasteiger partial charge < -0.3 is 19.5 Å². The number of hydrogen-bond donors (Lipinski definition) is 1. The SMILES string of the molecule is CN(C)c1ccnc(N2CCC(Oc3cccc4[nH]ccc34)CC2)n1. The zero-order valence-corrected chi connectivity index (χ0v) is 14.6. The Bertz CT molecular complexity index is 852. The summed E-state index contributed by atoms with van der Waals surface area (Å²) in [4.78, 5) is 16.5. The highest BCUT2D eigenvalue weighted by Crippen LogP contribution is 2.28.